The number of sulfonamides is 1. The van der Waals surface area contributed by atoms with Crippen molar-refractivity contribution in [3.05, 3.63) is 78.8 Å². The minimum Gasteiger partial charge on any atom is -0.469 e. The first-order valence-corrected chi connectivity index (χ1v) is 11.9. The van der Waals surface area contributed by atoms with Crippen molar-refractivity contribution >= 4 is 27.6 Å². The molecule has 0 spiro atoms. The van der Waals surface area contributed by atoms with Crippen molar-refractivity contribution in [3.63, 3.8) is 0 Å². The summed E-state index contributed by atoms with van der Waals surface area (Å²) >= 11 is 1.38. The zero-order chi connectivity index (χ0) is 20.3. The summed E-state index contributed by atoms with van der Waals surface area (Å²) in [5, 5.41) is -0.677. The summed E-state index contributed by atoms with van der Waals surface area (Å²) < 4.78 is 32.9. The Labute approximate surface area is 174 Å². The SMILES string of the molecule is O=C(CCc1ccco1)C1SCCN1S(=O)(=O)c1ccc(-c2ccccc2)cc1. The summed E-state index contributed by atoms with van der Waals surface area (Å²) in [4.78, 5) is 12.9. The minimum absolute atomic E-state index is 0.0895. The lowest BCUT2D eigenvalue weighted by molar-refractivity contribution is -0.120. The van der Waals surface area contributed by atoms with Gasteiger partial charge in [0.05, 0.1) is 11.2 Å². The summed E-state index contributed by atoms with van der Waals surface area (Å²) in [6.45, 7) is 0.338. The molecule has 5 nitrogen and oxygen atoms in total. The van der Waals surface area contributed by atoms with Crippen molar-refractivity contribution < 1.29 is 17.6 Å². The molecule has 0 N–H and O–H groups in total. The number of thioether (sulfide) groups is 1. The molecule has 29 heavy (non-hydrogen) atoms. The van der Waals surface area contributed by atoms with E-state index < -0.39 is 15.4 Å². The molecule has 0 saturated carbocycles. The van der Waals surface area contributed by atoms with E-state index in [2.05, 4.69) is 0 Å². The van der Waals surface area contributed by atoms with Gasteiger partial charge in [0.15, 0.2) is 5.78 Å². The standard InChI is InChI=1S/C22H21NO4S2/c24-21(13-10-19-7-4-15-27-19)22-23(14-16-28-22)29(25,26)20-11-8-18(9-12-20)17-5-2-1-3-6-17/h1-9,11-12,15,22H,10,13-14,16H2. The molecule has 1 aliphatic heterocycles. The monoisotopic (exact) mass is 427 g/mol. The lowest BCUT2D eigenvalue weighted by atomic mass is 10.1. The highest BCUT2D eigenvalue weighted by Crippen LogP contribution is 2.32. The van der Waals surface area contributed by atoms with Crippen molar-refractivity contribution in [1.82, 2.24) is 4.31 Å². The van der Waals surface area contributed by atoms with E-state index in [0.29, 0.717) is 18.7 Å². The molecule has 2 heterocycles. The van der Waals surface area contributed by atoms with Crippen LogP contribution in [0.15, 0.2) is 82.3 Å². The van der Waals surface area contributed by atoms with Gasteiger partial charge < -0.3 is 4.42 Å². The predicted molar refractivity (Wildman–Crippen MR) is 114 cm³/mol. The van der Waals surface area contributed by atoms with Gasteiger partial charge in [-0.3, -0.25) is 4.79 Å². The summed E-state index contributed by atoms with van der Waals surface area (Å²) in [7, 11) is -3.74. The number of nitrogens with zero attached hydrogens (tertiary/aromatic N) is 1. The third kappa shape index (κ3) is 4.32. The largest absolute Gasteiger partial charge is 0.469 e. The number of hydrogen-bond donors (Lipinski definition) is 0. The minimum atomic E-state index is -3.74. The number of aryl methyl sites for hydroxylation is 1. The van der Waals surface area contributed by atoms with E-state index in [1.807, 2.05) is 36.4 Å². The number of hydrogen-bond acceptors (Lipinski definition) is 5. The van der Waals surface area contributed by atoms with Crippen LogP contribution in [0.5, 0.6) is 0 Å². The van der Waals surface area contributed by atoms with Gasteiger partial charge in [0.25, 0.3) is 0 Å². The molecule has 150 valence electrons. The van der Waals surface area contributed by atoms with Gasteiger partial charge in [-0.05, 0) is 35.4 Å². The Hall–Kier alpha value is -2.35. The second kappa shape index (κ2) is 8.57. The molecule has 4 rings (SSSR count). The molecule has 0 aliphatic carbocycles. The zero-order valence-electron chi connectivity index (χ0n) is 15.7. The number of rotatable bonds is 7. The fourth-order valence-electron chi connectivity index (χ4n) is 3.36. The third-order valence-electron chi connectivity index (χ3n) is 4.89. The van der Waals surface area contributed by atoms with E-state index in [4.69, 9.17) is 4.42 Å². The van der Waals surface area contributed by atoms with Gasteiger partial charge in [-0.2, -0.15) is 4.31 Å². The van der Waals surface area contributed by atoms with Crippen LogP contribution in [0, 0.1) is 0 Å². The fraction of sp³-hybridized carbons (Fsp3) is 0.227. The molecule has 0 amide bonds. The molecular formula is C22H21NO4S2. The molecule has 1 atom stereocenters. The summed E-state index contributed by atoms with van der Waals surface area (Å²) in [6, 6.07) is 20.2. The van der Waals surface area contributed by atoms with Crippen LogP contribution < -0.4 is 0 Å². The lowest BCUT2D eigenvalue weighted by Gasteiger charge is -2.22. The van der Waals surface area contributed by atoms with E-state index in [1.54, 1.807) is 36.6 Å². The maximum atomic E-state index is 13.2. The molecule has 0 bridgehead atoms. The number of carbonyl (C=O) groups excluding carboxylic acids is 1. The number of ketones is 1. The van der Waals surface area contributed by atoms with Crippen LogP contribution in [0.2, 0.25) is 0 Å². The Balaban J connectivity index is 1.50. The number of furan rings is 1. The third-order valence-corrected chi connectivity index (χ3v) is 8.15. The van der Waals surface area contributed by atoms with Crippen LogP contribution in [-0.2, 0) is 21.2 Å². The lowest BCUT2D eigenvalue weighted by Crippen LogP contribution is -2.39. The van der Waals surface area contributed by atoms with Crippen molar-refractivity contribution in [1.29, 1.82) is 0 Å². The average molecular weight is 428 g/mol. The quantitative estimate of drug-likeness (QED) is 0.565. The van der Waals surface area contributed by atoms with Gasteiger partial charge in [0.2, 0.25) is 10.0 Å². The van der Waals surface area contributed by atoms with Crippen LogP contribution in [0.3, 0.4) is 0 Å². The van der Waals surface area contributed by atoms with Crippen LogP contribution in [-0.4, -0.2) is 36.2 Å². The summed E-state index contributed by atoms with van der Waals surface area (Å²) in [5.41, 5.74) is 1.98. The average Bonchev–Trinajstić information content (AvgIpc) is 3.45. The van der Waals surface area contributed by atoms with E-state index in [-0.39, 0.29) is 17.1 Å². The van der Waals surface area contributed by atoms with Crippen molar-refractivity contribution in [3.8, 4) is 11.1 Å². The highest BCUT2D eigenvalue weighted by molar-refractivity contribution is 8.02. The maximum Gasteiger partial charge on any atom is 0.244 e. The van der Waals surface area contributed by atoms with Gasteiger partial charge in [-0.15, -0.1) is 11.8 Å². The normalized spacial score (nSPS) is 17.4. The maximum absolute atomic E-state index is 13.2. The van der Waals surface area contributed by atoms with Crippen LogP contribution in [0.25, 0.3) is 11.1 Å². The van der Waals surface area contributed by atoms with E-state index >= 15 is 0 Å². The van der Waals surface area contributed by atoms with Crippen molar-refractivity contribution in [2.24, 2.45) is 0 Å². The molecule has 1 aromatic heterocycles. The number of carbonyl (C=O) groups is 1. The first kappa shape index (κ1) is 19.9. The summed E-state index contributed by atoms with van der Waals surface area (Å²) in [6.07, 6.45) is 2.30. The van der Waals surface area contributed by atoms with Gasteiger partial charge in [0, 0.05) is 25.1 Å². The van der Waals surface area contributed by atoms with Gasteiger partial charge in [0.1, 0.15) is 11.1 Å². The van der Waals surface area contributed by atoms with Crippen molar-refractivity contribution in [2.75, 3.05) is 12.3 Å². The highest BCUT2D eigenvalue weighted by Gasteiger charge is 2.39. The van der Waals surface area contributed by atoms with Gasteiger partial charge >= 0.3 is 0 Å². The molecule has 3 aromatic rings. The molecule has 1 aliphatic rings. The second-order valence-electron chi connectivity index (χ2n) is 6.77. The second-order valence-corrected chi connectivity index (χ2v) is 9.85. The predicted octanol–water partition coefficient (Wildman–Crippen LogP) is 4.21. The Kier molecular flexibility index (Phi) is 5.89. The fourth-order valence-corrected chi connectivity index (χ4v) is 6.56. The number of Topliss-reactive ketones (excluding diaryl/α,β-unsaturated/α-hetero) is 1. The topological polar surface area (TPSA) is 67.6 Å². The van der Waals surface area contributed by atoms with E-state index in [0.717, 1.165) is 16.9 Å². The Morgan fingerprint density at radius 1 is 1.00 bits per heavy atom. The molecule has 7 heteroatoms. The molecule has 2 aromatic carbocycles. The van der Waals surface area contributed by atoms with Gasteiger partial charge in [-0.1, -0.05) is 42.5 Å². The van der Waals surface area contributed by atoms with Crippen LogP contribution in [0.1, 0.15) is 12.2 Å². The zero-order valence-corrected chi connectivity index (χ0v) is 17.4. The summed E-state index contributed by atoms with van der Waals surface area (Å²) in [5.74, 6) is 1.25. The van der Waals surface area contributed by atoms with Gasteiger partial charge in [-0.25, -0.2) is 8.42 Å². The van der Waals surface area contributed by atoms with E-state index in [9.17, 15) is 13.2 Å². The first-order chi connectivity index (χ1) is 14.1. The Bertz CT molecular complexity index is 1060. The Morgan fingerprint density at radius 2 is 1.72 bits per heavy atom. The molecule has 0 radical (unpaired) electrons. The smallest absolute Gasteiger partial charge is 0.244 e. The number of benzene rings is 2. The Morgan fingerprint density at radius 3 is 2.41 bits per heavy atom. The van der Waals surface area contributed by atoms with Crippen molar-refractivity contribution in [2.45, 2.75) is 23.1 Å². The molecular weight excluding hydrogens is 406 g/mol. The molecule has 1 fully saturated rings. The molecule has 1 saturated heterocycles. The van der Waals surface area contributed by atoms with Crippen LogP contribution in [0.4, 0.5) is 0 Å². The first-order valence-electron chi connectivity index (χ1n) is 9.40. The van der Waals surface area contributed by atoms with Crippen LogP contribution >= 0.6 is 11.8 Å². The van der Waals surface area contributed by atoms with E-state index in [1.165, 1.54) is 16.1 Å². The molecule has 1 unspecified atom stereocenters. The highest BCUT2D eigenvalue weighted by atomic mass is 32.2.